The molecule has 2 heterocycles. The zero-order chi connectivity index (χ0) is 24.6. The van der Waals surface area contributed by atoms with Crippen LogP contribution in [0.5, 0.6) is 0 Å². The van der Waals surface area contributed by atoms with Crippen molar-refractivity contribution in [1.29, 1.82) is 0 Å². The van der Waals surface area contributed by atoms with Gasteiger partial charge in [0.25, 0.3) is 0 Å². The Kier molecular flexibility index (Phi) is 7.72. The van der Waals surface area contributed by atoms with E-state index in [1.807, 2.05) is 37.3 Å². The Bertz CT molecular complexity index is 963. The summed E-state index contributed by atoms with van der Waals surface area (Å²) in [5.74, 6) is -1.93. The van der Waals surface area contributed by atoms with E-state index >= 15 is 0 Å². The Morgan fingerprint density at radius 1 is 1.21 bits per heavy atom. The van der Waals surface area contributed by atoms with Crippen LogP contribution in [-0.4, -0.2) is 53.6 Å². The normalized spacial score (nSPS) is 22.2. The highest BCUT2D eigenvalue weighted by Crippen LogP contribution is 2.58. The molecule has 180 valence electrons. The zero-order valence-corrected chi connectivity index (χ0v) is 22.7. The Morgan fingerprint density at radius 3 is 2.39 bits per heavy atom. The first-order valence-electron chi connectivity index (χ1n) is 11.0. The Labute approximate surface area is 205 Å². The van der Waals surface area contributed by atoms with Crippen molar-refractivity contribution in [2.45, 2.75) is 58.3 Å². The van der Waals surface area contributed by atoms with Crippen LogP contribution in [0, 0.1) is 11.3 Å². The number of β-lactam (4-membered cyclic amide) rings is 1. The van der Waals surface area contributed by atoms with Gasteiger partial charge in [-0.2, -0.15) is 0 Å². The monoisotopic (exact) mass is 508 g/mol. The second-order valence-electron chi connectivity index (χ2n) is 9.71. The number of nitrogens with one attached hydrogen (secondary N) is 1. The summed E-state index contributed by atoms with van der Waals surface area (Å²) < 4.78 is 6.93. The van der Waals surface area contributed by atoms with Gasteiger partial charge in [-0.15, -0.1) is 11.8 Å². The van der Waals surface area contributed by atoms with Crippen LogP contribution in [0.1, 0.15) is 33.3 Å². The van der Waals surface area contributed by atoms with Crippen molar-refractivity contribution in [1.82, 2.24) is 10.2 Å². The summed E-state index contributed by atoms with van der Waals surface area (Å²) in [6.07, 6.45) is 0. The minimum atomic E-state index is -1.48. The third-order valence-corrected chi connectivity index (χ3v) is 9.74. The molecule has 2 aliphatic rings. The molecule has 2 aliphatic heterocycles. The molecule has 1 fully saturated rings. The van der Waals surface area contributed by atoms with Crippen LogP contribution in [0.3, 0.4) is 0 Å². The summed E-state index contributed by atoms with van der Waals surface area (Å²) in [4.78, 5) is 39.0. The molecule has 3 rings (SSSR count). The minimum Gasteiger partial charge on any atom is -0.477 e. The predicted octanol–water partition coefficient (Wildman–Crippen LogP) is 3.63. The van der Waals surface area contributed by atoms with Gasteiger partial charge in [0, 0.05) is 6.54 Å². The number of hydrogen-bond acceptors (Lipinski definition) is 6. The number of carbonyl (C=O) groups excluding carboxylic acids is 2. The van der Waals surface area contributed by atoms with E-state index in [4.69, 9.17) is 4.43 Å². The van der Waals surface area contributed by atoms with E-state index in [1.165, 1.54) is 28.4 Å². The average Bonchev–Trinajstić information content (AvgIpc) is 3.04. The van der Waals surface area contributed by atoms with Crippen molar-refractivity contribution in [3.8, 4) is 0 Å². The van der Waals surface area contributed by atoms with Crippen molar-refractivity contribution in [2.24, 2.45) is 11.3 Å². The zero-order valence-electron chi connectivity index (χ0n) is 19.9. The van der Waals surface area contributed by atoms with E-state index in [0.29, 0.717) is 10.8 Å². The lowest BCUT2D eigenvalue weighted by atomic mass is 9.66. The van der Waals surface area contributed by atoms with Gasteiger partial charge >= 0.3 is 5.97 Å². The predicted molar refractivity (Wildman–Crippen MR) is 135 cm³/mol. The number of fused-ring (bicyclic) bond motifs is 1. The number of thioether (sulfide) groups is 2. The molecule has 2 N–H and O–H groups in total. The SMILES string of the molecule is C[SiH](C)O[C@@](C)([C@@H]1C(=O)N2C(C(=O)O)=C(SCC(=O)NCc3ccccc3)S[C@H]12)C(C)(C)C. The van der Waals surface area contributed by atoms with Gasteiger partial charge in [-0.3, -0.25) is 14.5 Å². The summed E-state index contributed by atoms with van der Waals surface area (Å²) >= 11 is 2.53. The Balaban J connectivity index is 1.71. The van der Waals surface area contributed by atoms with E-state index < -0.39 is 26.5 Å². The second kappa shape index (κ2) is 9.85. The van der Waals surface area contributed by atoms with Crippen LogP contribution in [0.25, 0.3) is 0 Å². The molecular formula is C23H32N2O5S2Si. The number of rotatable bonds is 9. The lowest BCUT2D eigenvalue weighted by Crippen LogP contribution is -2.69. The summed E-state index contributed by atoms with van der Waals surface area (Å²) in [7, 11) is -1.48. The maximum absolute atomic E-state index is 13.2. The van der Waals surface area contributed by atoms with Gasteiger partial charge < -0.3 is 14.8 Å². The van der Waals surface area contributed by atoms with Gasteiger partial charge in [0.15, 0.2) is 14.7 Å². The quantitative estimate of drug-likeness (QED) is 0.388. The molecule has 0 radical (unpaired) electrons. The number of carboxylic acids is 1. The molecule has 10 heteroatoms. The van der Waals surface area contributed by atoms with E-state index in [9.17, 15) is 19.5 Å². The lowest BCUT2D eigenvalue weighted by molar-refractivity contribution is -0.173. The fourth-order valence-corrected chi connectivity index (χ4v) is 8.33. The standard InChI is InChI=1S/C23H32N2O5S2Si/c1-22(2,3)23(4,30-33(5)6)16-18(27)25-17(20(28)29)21(32-19(16)25)31-13-15(26)24-12-14-10-8-7-9-11-14/h7-11,16,19,33H,12-13H2,1-6H3,(H,24,26)(H,28,29)/t16-,19-,23+/m1/s1. The highest BCUT2D eigenvalue weighted by molar-refractivity contribution is 8.23. The topological polar surface area (TPSA) is 95.9 Å². The molecular weight excluding hydrogens is 476 g/mol. The van der Waals surface area contributed by atoms with Crippen LogP contribution < -0.4 is 5.32 Å². The molecule has 2 amide bonds. The van der Waals surface area contributed by atoms with Crippen LogP contribution in [0.2, 0.25) is 13.1 Å². The van der Waals surface area contributed by atoms with E-state index in [-0.39, 0.29) is 34.1 Å². The van der Waals surface area contributed by atoms with Crippen LogP contribution in [0.4, 0.5) is 0 Å². The summed E-state index contributed by atoms with van der Waals surface area (Å²) in [6.45, 7) is 12.7. The average molecular weight is 509 g/mol. The molecule has 0 bridgehead atoms. The van der Waals surface area contributed by atoms with Gasteiger partial charge in [-0.1, -0.05) is 62.9 Å². The molecule has 33 heavy (non-hydrogen) atoms. The first-order chi connectivity index (χ1) is 15.4. The molecule has 0 spiro atoms. The number of hydrogen-bond donors (Lipinski definition) is 2. The number of carbonyl (C=O) groups is 3. The number of aliphatic carboxylic acids is 1. The fraction of sp³-hybridized carbons (Fsp3) is 0.522. The summed E-state index contributed by atoms with van der Waals surface area (Å²) in [5.41, 5.74) is -0.0574. The Morgan fingerprint density at radius 2 is 1.85 bits per heavy atom. The van der Waals surface area contributed by atoms with Crippen LogP contribution >= 0.6 is 23.5 Å². The molecule has 0 saturated carbocycles. The van der Waals surface area contributed by atoms with E-state index in [1.54, 1.807) is 0 Å². The number of amides is 2. The van der Waals surface area contributed by atoms with Crippen molar-refractivity contribution >= 4 is 50.3 Å². The van der Waals surface area contributed by atoms with Crippen molar-refractivity contribution < 1.29 is 23.9 Å². The lowest BCUT2D eigenvalue weighted by Gasteiger charge is -2.56. The minimum absolute atomic E-state index is 0.0230. The molecule has 1 aromatic rings. The van der Waals surface area contributed by atoms with Crippen LogP contribution in [-0.2, 0) is 25.4 Å². The third-order valence-electron chi connectivity index (χ3n) is 6.14. The first-order valence-corrected chi connectivity index (χ1v) is 15.6. The maximum atomic E-state index is 13.2. The molecule has 0 aliphatic carbocycles. The second-order valence-corrected chi connectivity index (χ2v) is 14.4. The number of carboxylic acid groups (broad SMARTS) is 1. The molecule has 1 saturated heterocycles. The van der Waals surface area contributed by atoms with E-state index in [0.717, 1.165) is 5.56 Å². The maximum Gasteiger partial charge on any atom is 0.354 e. The molecule has 0 unspecified atom stereocenters. The first kappa shape index (κ1) is 25.9. The number of nitrogens with zero attached hydrogens (tertiary/aromatic N) is 1. The van der Waals surface area contributed by atoms with Crippen molar-refractivity contribution in [2.75, 3.05) is 5.75 Å². The van der Waals surface area contributed by atoms with Crippen molar-refractivity contribution in [3.63, 3.8) is 0 Å². The third kappa shape index (κ3) is 5.18. The van der Waals surface area contributed by atoms with Gasteiger partial charge in [-0.25, -0.2) is 4.79 Å². The van der Waals surface area contributed by atoms with Gasteiger partial charge in [-0.05, 0) is 31.0 Å². The van der Waals surface area contributed by atoms with Crippen LogP contribution in [0.15, 0.2) is 40.3 Å². The fourth-order valence-electron chi connectivity index (χ4n) is 4.07. The molecule has 1 aromatic carbocycles. The smallest absolute Gasteiger partial charge is 0.354 e. The van der Waals surface area contributed by atoms with Gasteiger partial charge in [0.05, 0.1) is 21.5 Å². The van der Waals surface area contributed by atoms with Gasteiger partial charge in [0.1, 0.15) is 5.37 Å². The molecule has 7 nitrogen and oxygen atoms in total. The van der Waals surface area contributed by atoms with E-state index in [2.05, 4.69) is 39.2 Å². The van der Waals surface area contributed by atoms with Crippen molar-refractivity contribution in [3.05, 3.63) is 45.8 Å². The Hall–Kier alpha value is -1.75. The molecule has 0 aromatic heterocycles. The number of benzene rings is 1. The summed E-state index contributed by atoms with van der Waals surface area (Å²) in [6, 6.07) is 9.58. The molecule has 3 atom stereocenters. The largest absolute Gasteiger partial charge is 0.477 e. The summed E-state index contributed by atoms with van der Waals surface area (Å²) in [5, 5.41) is 12.3. The van der Waals surface area contributed by atoms with Gasteiger partial charge in [0.2, 0.25) is 11.8 Å². The highest BCUT2D eigenvalue weighted by atomic mass is 32.2. The highest BCUT2D eigenvalue weighted by Gasteiger charge is 2.65.